The number of fused-ring (bicyclic) bond motifs is 5. The van der Waals surface area contributed by atoms with Gasteiger partial charge < -0.3 is 14.8 Å². The third-order valence-corrected chi connectivity index (χ3v) is 5.02. The Morgan fingerprint density at radius 2 is 2.25 bits per heavy atom. The van der Waals surface area contributed by atoms with Gasteiger partial charge in [-0.05, 0) is 44.0 Å². The lowest BCUT2D eigenvalue weighted by Crippen LogP contribution is -2.37. The molecule has 2 aromatic rings. The molecule has 0 radical (unpaired) electrons. The minimum absolute atomic E-state index is 0.410. The Balaban J connectivity index is 2.04. The number of rotatable bonds is 1. The molecule has 0 aliphatic carbocycles. The van der Waals surface area contributed by atoms with Gasteiger partial charge in [-0.3, -0.25) is 0 Å². The van der Waals surface area contributed by atoms with Crippen molar-refractivity contribution in [1.82, 2.24) is 14.8 Å². The lowest BCUT2D eigenvalue weighted by atomic mass is 10.0. The topological polar surface area (TPSA) is 20.2 Å². The van der Waals surface area contributed by atoms with Crippen molar-refractivity contribution in [1.29, 1.82) is 0 Å². The van der Waals surface area contributed by atoms with Crippen LogP contribution in [0.2, 0.25) is 0 Å². The molecule has 0 saturated carbocycles. The van der Waals surface area contributed by atoms with Gasteiger partial charge in [0.2, 0.25) is 0 Å². The van der Waals surface area contributed by atoms with Crippen LogP contribution in [0.15, 0.2) is 28.9 Å². The lowest BCUT2D eigenvalue weighted by molar-refractivity contribution is 0.307. The van der Waals surface area contributed by atoms with E-state index in [2.05, 4.69) is 69.0 Å². The van der Waals surface area contributed by atoms with E-state index in [-0.39, 0.29) is 0 Å². The number of nitrogens with zero attached hydrogens (tertiary/aromatic N) is 2. The van der Waals surface area contributed by atoms with E-state index in [9.17, 15) is 0 Å². The van der Waals surface area contributed by atoms with Gasteiger partial charge in [-0.25, -0.2) is 0 Å². The van der Waals surface area contributed by atoms with Crippen molar-refractivity contribution < 1.29 is 0 Å². The predicted octanol–water partition coefficient (Wildman–Crippen LogP) is 3.53. The molecule has 3 nitrogen and oxygen atoms in total. The lowest BCUT2D eigenvalue weighted by Gasteiger charge is -2.31. The van der Waals surface area contributed by atoms with Gasteiger partial charge in [-0.2, -0.15) is 0 Å². The Labute approximate surface area is 127 Å². The standard InChI is InChI=1S/C16H18BrN3/c1-3-19-14-5-4-11(17)8-13(14)12-6-7-20-10(2)18-9-15(20)16(12)19/h4-5,8-10,18H,3,6-7H2,1-2H3. The van der Waals surface area contributed by atoms with Crippen LogP contribution in [-0.2, 0) is 13.0 Å². The highest BCUT2D eigenvalue weighted by Crippen LogP contribution is 2.39. The number of nitrogens with one attached hydrogen (secondary N) is 1. The molecular weight excluding hydrogens is 314 g/mol. The maximum atomic E-state index is 3.61. The molecule has 1 unspecified atom stereocenters. The zero-order chi connectivity index (χ0) is 13.9. The van der Waals surface area contributed by atoms with Crippen LogP contribution in [-0.4, -0.2) is 22.2 Å². The normalized spacial score (nSPS) is 20.6. The van der Waals surface area contributed by atoms with Gasteiger partial charge in [0.1, 0.15) is 0 Å². The Bertz CT molecular complexity index is 729. The molecule has 1 atom stereocenters. The predicted molar refractivity (Wildman–Crippen MR) is 86.3 cm³/mol. The maximum Gasteiger partial charge on any atom is 0.0958 e. The Hall–Kier alpha value is -1.42. The number of aryl methyl sites for hydroxylation is 1. The Morgan fingerprint density at radius 1 is 1.40 bits per heavy atom. The van der Waals surface area contributed by atoms with E-state index >= 15 is 0 Å². The molecule has 20 heavy (non-hydrogen) atoms. The monoisotopic (exact) mass is 331 g/mol. The van der Waals surface area contributed by atoms with Crippen LogP contribution in [0, 0.1) is 0 Å². The highest BCUT2D eigenvalue weighted by Gasteiger charge is 2.32. The summed E-state index contributed by atoms with van der Waals surface area (Å²) in [5, 5.41) is 4.85. The first-order chi connectivity index (χ1) is 9.70. The van der Waals surface area contributed by atoms with Crippen LogP contribution in [0.1, 0.15) is 25.1 Å². The van der Waals surface area contributed by atoms with Gasteiger partial charge in [-0.1, -0.05) is 15.9 Å². The zero-order valence-corrected chi connectivity index (χ0v) is 13.4. The summed E-state index contributed by atoms with van der Waals surface area (Å²) in [6.07, 6.45) is 3.72. The third-order valence-electron chi connectivity index (χ3n) is 4.53. The number of hydrogen-bond donors (Lipinski definition) is 1. The summed E-state index contributed by atoms with van der Waals surface area (Å²) in [5.74, 6) is 0. The largest absolute Gasteiger partial charge is 0.370 e. The van der Waals surface area contributed by atoms with E-state index < -0.39 is 0 Å². The van der Waals surface area contributed by atoms with E-state index in [1.807, 2.05) is 0 Å². The maximum absolute atomic E-state index is 3.61. The van der Waals surface area contributed by atoms with Crippen LogP contribution in [0.5, 0.6) is 0 Å². The average Bonchev–Trinajstić information content (AvgIpc) is 2.97. The van der Waals surface area contributed by atoms with E-state index in [4.69, 9.17) is 0 Å². The minimum Gasteiger partial charge on any atom is -0.370 e. The first kappa shape index (κ1) is 12.3. The molecule has 1 aromatic heterocycles. The van der Waals surface area contributed by atoms with Gasteiger partial charge in [0.15, 0.2) is 0 Å². The summed E-state index contributed by atoms with van der Waals surface area (Å²) in [7, 11) is 0. The van der Waals surface area contributed by atoms with Crippen LogP contribution in [0.3, 0.4) is 0 Å². The minimum atomic E-state index is 0.410. The molecule has 3 heterocycles. The molecule has 1 N–H and O–H groups in total. The molecule has 0 saturated heterocycles. The van der Waals surface area contributed by atoms with Crippen molar-refractivity contribution in [2.75, 3.05) is 6.54 Å². The summed E-state index contributed by atoms with van der Waals surface area (Å²) < 4.78 is 3.62. The number of benzene rings is 1. The fourth-order valence-electron chi connectivity index (χ4n) is 3.60. The molecule has 0 spiro atoms. The van der Waals surface area contributed by atoms with E-state index in [1.165, 1.54) is 27.9 Å². The Kier molecular flexibility index (Phi) is 2.64. The summed E-state index contributed by atoms with van der Waals surface area (Å²) >= 11 is 3.61. The summed E-state index contributed by atoms with van der Waals surface area (Å²) in [6.45, 7) is 6.56. The number of aromatic nitrogens is 1. The molecule has 4 rings (SSSR count). The van der Waals surface area contributed by atoms with Gasteiger partial charge in [0.25, 0.3) is 0 Å². The molecule has 104 valence electrons. The summed E-state index contributed by atoms with van der Waals surface area (Å²) in [4.78, 5) is 2.47. The first-order valence-electron chi connectivity index (χ1n) is 7.24. The fraction of sp³-hybridized carbons (Fsp3) is 0.375. The van der Waals surface area contributed by atoms with Crippen LogP contribution in [0.25, 0.3) is 16.6 Å². The second kappa shape index (κ2) is 4.29. The molecule has 0 amide bonds. The first-order valence-corrected chi connectivity index (χ1v) is 8.04. The summed E-state index contributed by atoms with van der Waals surface area (Å²) in [6, 6.07) is 6.64. The smallest absolute Gasteiger partial charge is 0.0958 e. The van der Waals surface area contributed by atoms with Crippen molar-refractivity contribution in [3.8, 4) is 0 Å². The Morgan fingerprint density at radius 3 is 3.05 bits per heavy atom. The molecule has 2 aliphatic rings. The van der Waals surface area contributed by atoms with Gasteiger partial charge in [-0.15, -0.1) is 0 Å². The highest BCUT2D eigenvalue weighted by molar-refractivity contribution is 9.10. The zero-order valence-electron chi connectivity index (χ0n) is 11.8. The SMILES string of the molecule is CCn1c2c(c3cc(Br)ccc31)CCN1C2=CNC1C. The molecule has 1 aromatic carbocycles. The highest BCUT2D eigenvalue weighted by atomic mass is 79.9. The quantitative estimate of drug-likeness (QED) is 0.862. The van der Waals surface area contributed by atoms with E-state index in [1.54, 1.807) is 0 Å². The van der Waals surface area contributed by atoms with Crippen molar-refractivity contribution in [2.24, 2.45) is 0 Å². The van der Waals surface area contributed by atoms with Crippen molar-refractivity contribution in [3.63, 3.8) is 0 Å². The van der Waals surface area contributed by atoms with E-state index in [0.29, 0.717) is 6.17 Å². The molecule has 2 aliphatic heterocycles. The van der Waals surface area contributed by atoms with Crippen LogP contribution in [0.4, 0.5) is 0 Å². The van der Waals surface area contributed by atoms with Crippen molar-refractivity contribution in [3.05, 3.63) is 40.1 Å². The third kappa shape index (κ3) is 1.51. The second-order valence-electron chi connectivity index (χ2n) is 5.55. The van der Waals surface area contributed by atoms with Crippen molar-refractivity contribution >= 4 is 32.5 Å². The van der Waals surface area contributed by atoms with Crippen molar-refractivity contribution in [2.45, 2.75) is 33.0 Å². The average molecular weight is 332 g/mol. The summed E-state index contributed by atoms with van der Waals surface area (Å²) in [5.41, 5.74) is 5.61. The number of hydrogen-bond acceptors (Lipinski definition) is 2. The van der Waals surface area contributed by atoms with Crippen LogP contribution < -0.4 is 5.32 Å². The van der Waals surface area contributed by atoms with Gasteiger partial charge in [0.05, 0.1) is 17.6 Å². The molecule has 0 fully saturated rings. The van der Waals surface area contributed by atoms with Crippen LogP contribution >= 0.6 is 15.9 Å². The molecular formula is C16H18BrN3. The van der Waals surface area contributed by atoms with E-state index in [0.717, 1.165) is 24.0 Å². The molecule has 4 heteroatoms. The fourth-order valence-corrected chi connectivity index (χ4v) is 3.96. The van der Waals surface area contributed by atoms with Gasteiger partial charge in [0, 0.05) is 34.7 Å². The van der Waals surface area contributed by atoms with Gasteiger partial charge >= 0.3 is 0 Å². The number of halogens is 1. The second-order valence-corrected chi connectivity index (χ2v) is 6.46. The molecule has 0 bridgehead atoms.